The van der Waals surface area contributed by atoms with Gasteiger partial charge in [-0.15, -0.1) is 0 Å². The van der Waals surface area contributed by atoms with Crippen LogP contribution in [-0.2, 0) is 0 Å². The molecule has 0 saturated carbocycles. The third-order valence-corrected chi connectivity index (χ3v) is 3.35. The third kappa shape index (κ3) is 1.13. The Kier molecular flexibility index (Phi) is 1.87. The smallest absolute Gasteiger partial charge is 0.189 e. The summed E-state index contributed by atoms with van der Waals surface area (Å²) >= 11 is 0. The SMILES string of the molecule is CC1=C2CC(C)N=C2c2ccccc2C1=O. The lowest BCUT2D eigenvalue weighted by molar-refractivity contribution is 0.103. The molecule has 80 valence electrons. The summed E-state index contributed by atoms with van der Waals surface area (Å²) in [6.45, 7) is 4.01. The zero-order valence-corrected chi connectivity index (χ0v) is 9.45. The molecule has 2 aliphatic rings. The van der Waals surface area contributed by atoms with Crippen molar-refractivity contribution in [1.82, 2.24) is 0 Å². The second kappa shape index (κ2) is 3.14. The van der Waals surface area contributed by atoms with Gasteiger partial charge in [0.05, 0.1) is 11.8 Å². The highest BCUT2D eigenvalue weighted by atomic mass is 16.1. The van der Waals surface area contributed by atoms with Crippen LogP contribution in [0.1, 0.15) is 36.2 Å². The summed E-state index contributed by atoms with van der Waals surface area (Å²) in [5, 5.41) is 0. The van der Waals surface area contributed by atoms with E-state index in [0.29, 0.717) is 6.04 Å². The summed E-state index contributed by atoms with van der Waals surface area (Å²) in [7, 11) is 0. The Morgan fingerprint density at radius 3 is 2.69 bits per heavy atom. The van der Waals surface area contributed by atoms with Gasteiger partial charge < -0.3 is 0 Å². The fraction of sp³-hybridized carbons (Fsp3) is 0.286. The molecule has 1 heterocycles. The largest absolute Gasteiger partial charge is 0.289 e. The number of ketones is 1. The van der Waals surface area contributed by atoms with Gasteiger partial charge >= 0.3 is 0 Å². The van der Waals surface area contributed by atoms with Gasteiger partial charge in [-0.3, -0.25) is 9.79 Å². The number of carbonyl (C=O) groups excluding carboxylic acids is 1. The molecule has 1 unspecified atom stereocenters. The van der Waals surface area contributed by atoms with Gasteiger partial charge in [0, 0.05) is 16.7 Å². The summed E-state index contributed by atoms with van der Waals surface area (Å²) in [5.41, 5.74) is 4.88. The molecule has 0 radical (unpaired) electrons. The molecule has 1 aromatic rings. The van der Waals surface area contributed by atoms with Crippen LogP contribution in [-0.4, -0.2) is 17.5 Å². The van der Waals surface area contributed by atoms with Crippen molar-refractivity contribution < 1.29 is 4.79 Å². The molecule has 1 atom stereocenters. The van der Waals surface area contributed by atoms with Crippen molar-refractivity contribution in [2.24, 2.45) is 4.99 Å². The highest BCUT2D eigenvalue weighted by Crippen LogP contribution is 2.33. The Balaban J connectivity index is 2.31. The summed E-state index contributed by atoms with van der Waals surface area (Å²) in [6.07, 6.45) is 0.904. The third-order valence-electron chi connectivity index (χ3n) is 3.35. The van der Waals surface area contributed by atoms with Crippen molar-refractivity contribution in [3.8, 4) is 0 Å². The van der Waals surface area contributed by atoms with E-state index in [1.807, 2.05) is 31.2 Å². The van der Waals surface area contributed by atoms with Gasteiger partial charge in [-0.2, -0.15) is 0 Å². The fourth-order valence-corrected chi connectivity index (χ4v) is 2.53. The molecule has 0 saturated heterocycles. The minimum atomic E-state index is 0.165. The monoisotopic (exact) mass is 211 g/mol. The molecule has 1 aromatic carbocycles. The maximum absolute atomic E-state index is 12.2. The van der Waals surface area contributed by atoms with E-state index >= 15 is 0 Å². The van der Waals surface area contributed by atoms with Gasteiger partial charge in [0.1, 0.15) is 0 Å². The van der Waals surface area contributed by atoms with Crippen LogP contribution in [0, 0.1) is 0 Å². The van der Waals surface area contributed by atoms with Gasteiger partial charge in [0.25, 0.3) is 0 Å². The quantitative estimate of drug-likeness (QED) is 0.648. The Labute approximate surface area is 94.7 Å². The summed E-state index contributed by atoms with van der Waals surface area (Å²) < 4.78 is 0. The molecule has 0 bridgehead atoms. The van der Waals surface area contributed by atoms with Crippen LogP contribution in [0.4, 0.5) is 0 Å². The summed E-state index contributed by atoms with van der Waals surface area (Å²) in [4.78, 5) is 16.8. The van der Waals surface area contributed by atoms with E-state index in [1.54, 1.807) is 0 Å². The number of rotatable bonds is 0. The lowest BCUT2D eigenvalue weighted by Gasteiger charge is -2.18. The molecular formula is C14H13NO. The van der Waals surface area contributed by atoms with Gasteiger partial charge in [0.2, 0.25) is 0 Å². The first-order chi connectivity index (χ1) is 7.68. The van der Waals surface area contributed by atoms with Crippen molar-refractivity contribution in [1.29, 1.82) is 0 Å². The number of allylic oxidation sites excluding steroid dienone is 1. The molecule has 16 heavy (non-hydrogen) atoms. The molecule has 1 aliphatic heterocycles. The Morgan fingerprint density at radius 2 is 1.94 bits per heavy atom. The van der Waals surface area contributed by atoms with Crippen LogP contribution >= 0.6 is 0 Å². The molecular weight excluding hydrogens is 198 g/mol. The van der Waals surface area contributed by atoms with Crippen LogP contribution in [0.15, 0.2) is 40.4 Å². The Hall–Kier alpha value is -1.70. The fourth-order valence-electron chi connectivity index (χ4n) is 2.53. The average Bonchev–Trinajstić information content (AvgIpc) is 2.68. The van der Waals surface area contributed by atoms with Gasteiger partial charge in [-0.05, 0) is 25.8 Å². The lowest BCUT2D eigenvalue weighted by Crippen LogP contribution is -2.19. The highest BCUT2D eigenvalue weighted by molar-refractivity contribution is 6.29. The maximum Gasteiger partial charge on any atom is 0.189 e. The maximum atomic E-state index is 12.2. The van der Waals surface area contributed by atoms with Crippen molar-refractivity contribution in [2.45, 2.75) is 26.3 Å². The van der Waals surface area contributed by atoms with Crippen molar-refractivity contribution >= 4 is 11.5 Å². The minimum Gasteiger partial charge on any atom is -0.289 e. The predicted octanol–water partition coefficient (Wildman–Crippen LogP) is 2.78. The number of carbonyl (C=O) groups is 1. The topological polar surface area (TPSA) is 29.4 Å². The van der Waals surface area contributed by atoms with E-state index in [2.05, 4.69) is 11.9 Å². The normalized spacial score (nSPS) is 23.0. The number of fused-ring (bicyclic) bond motifs is 3. The van der Waals surface area contributed by atoms with E-state index < -0.39 is 0 Å². The number of hydrogen-bond donors (Lipinski definition) is 0. The van der Waals surface area contributed by atoms with Gasteiger partial charge in [-0.25, -0.2) is 0 Å². The molecule has 1 aliphatic carbocycles. The van der Waals surface area contributed by atoms with E-state index in [9.17, 15) is 4.79 Å². The first-order valence-electron chi connectivity index (χ1n) is 5.60. The molecule has 0 amide bonds. The minimum absolute atomic E-state index is 0.165. The molecule has 0 fully saturated rings. The van der Waals surface area contributed by atoms with Crippen LogP contribution in [0.3, 0.4) is 0 Å². The van der Waals surface area contributed by atoms with Crippen LogP contribution < -0.4 is 0 Å². The standard InChI is InChI=1S/C14H13NO/c1-8-7-12-9(2)14(16)11-6-4-3-5-10(11)13(12)15-8/h3-6,8H,7H2,1-2H3. The number of Topliss-reactive ketones (excluding diaryl/α,β-unsaturated/α-hetero) is 1. The van der Waals surface area contributed by atoms with Crippen molar-refractivity contribution in [3.05, 3.63) is 46.5 Å². The van der Waals surface area contributed by atoms with E-state index in [1.165, 1.54) is 0 Å². The number of aliphatic imine (C=N–C) groups is 1. The number of nitrogens with zero attached hydrogens (tertiary/aromatic N) is 1. The van der Waals surface area contributed by atoms with E-state index in [-0.39, 0.29) is 5.78 Å². The van der Waals surface area contributed by atoms with Crippen LogP contribution in [0.5, 0.6) is 0 Å². The average molecular weight is 211 g/mol. The molecule has 3 rings (SSSR count). The van der Waals surface area contributed by atoms with Crippen molar-refractivity contribution in [3.63, 3.8) is 0 Å². The van der Waals surface area contributed by atoms with Gasteiger partial charge in [-0.1, -0.05) is 24.3 Å². The molecule has 2 nitrogen and oxygen atoms in total. The first-order valence-corrected chi connectivity index (χ1v) is 5.60. The summed E-state index contributed by atoms with van der Waals surface area (Å²) in [5.74, 6) is 0.165. The molecule has 0 aromatic heterocycles. The molecule has 2 heteroatoms. The van der Waals surface area contributed by atoms with Crippen LogP contribution in [0.25, 0.3) is 0 Å². The van der Waals surface area contributed by atoms with E-state index in [0.717, 1.165) is 34.4 Å². The lowest BCUT2D eigenvalue weighted by atomic mass is 9.84. The highest BCUT2D eigenvalue weighted by Gasteiger charge is 2.31. The molecule has 0 spiro atoms. The Morgan fingerprint density at radius 1 is 1.25 bits per heavy atom. The second-order valence-electron chi connectivity index (χ2n) is 4.51. The second-order valence-corrected chi connectivity index (χ2v) is 4.51. The molecule has 0 N–H and O–H groups in total. The zero-order chi connectivity index (χ0) is 11.3. The van der Waals surface area contributed by atoms with Crippen molar-refractivity contribution in [2.75, 3.05) is 0 Å². The number of benzene rings is 1. The van der Waals surface area contributed by atoms with E-state index in [4.69, 9.17) is 0 Å². The number of hydrogen-bond acceptors (Lipinski definition) is 2. The Bertz CT molecular complexity index is 552. The predicted molar refractivity (Wildman–Crippen MR) is 64.1 cm³/mol. The summed E-state index contributed by atoms with van der Waals surface area (Å²) in [6, 6.07) is 8.07. The zero-order valence-electron chi connectivity index (χ0n) is 9.45. The van der Waals surface area contributed by atoms with Crippen LogP contribution in [0.2, 0.25) is 0 Å². The first kappa shape index (κ1) is 9.52. The van der Waals surface area contributed by atoms with Gasteiger partial charge in [0.15, 0.2) is 5.78 Å².